The number of nitrogens with one attached hydrogen (secondary N) is 1. The van der Waals surface area contributed by atoms with Crippen molar-refractivity contribution in [2.75, 3.05) is 6.54 Å². The monoisotopic (exact) mass is 279 g/mol. The normalized spacial score (nSPS) is 12.8. The Kier molecular flexibility index (Phi) is 6.32. The first kappa shape index (κ1) is 15.1. The fourth-order valence-corrected chi connectivity index (χ4v) is 1.63. The lowest BCUT2D eigenvalue weighted by molar-refractivity contribution is -0.0504. The molecular weight excluding hydrogens is 264 g/mol. The van der Waals surface area contributed by atoms with Gasteiger partial charge >= 0.3 is 6.61 Å². The van der Waals surface area contributed by atoms with Crippen molar-refractivity contribution in [3.05, 3.63) is 28.8 Å². The second-order valence-corrected chi connectivity index (χ2v) is 4.38. The van der Waals surface area contributed by atoms with Gasteiger partial charge in [0.25, 0.3) is 0 Å². The largest absolute Gasteiger partial charge is 0.434 e. The molecule has 1 atom stereocenters. The van der Waals surface area contributed by atoms with E-state index in [1.165, 1.54) is 12.1 Å². The van der Waals surface area contributed by atoms with E-state index in [4.69, 9.17) is 16.7 Å². The van der Waals surface area contributed by atoms with Gasteiger partial charge < -0.3 is 15.2 Å². The Morgan fingerprint density at radius 3 is 2.78 bits per heavy atom. The molecule has 2 N–H and O–H groups in total. The first-order valence-electron chi connectivity index (χ1n) is 5.61. The van der Waals surface area contributed by atoms with Gasteiger partial charge in [0.1, 0.15) is 5.75 Å². The van der Waals surface area contributed by atoms with E-state index in [2.05, 4.69) is 10.1 Å². The van der Waals surface area contributed by atoms with Crippen LogP contribution in [0.4, 0.5) is 8.78 Å². The lowest BCUT2D eigenvalue weighted by Crippen LogP contribution is -2.19. The van der Waals surface area contributed by atoms with E-state index in [0.717, 1.165) is 0 Å². The lowest BCUT2D eigenvalue weighted by atomic mass is 10.2. The molecule has 18 heavy (non-hydrogen) atoms. The second kappa shape index (κ2) is 7.51. The minimum atomic E-state index is -2.86. The van der Waals surface area contributed by atoms with Crippen LogP contribution in [-0.2, 0) is 6.54 Å². The molecule has 0 radical (unpaired) electrons. The van der Waals surface area contributed by atoms with Crippen molar-refractivity contribution in [1.29, 1.82) is 0 Å². The first-order valence-corrected chi connectivity index (χ1v) is 5.99. The number of aliphatic hydroxyl groups is 1. The Morgan fingerprint density at radius 1 is 1.44 bits per heavy atom. The smallest absolute Gasteiger partial charge is 0.387 e. The highest BCUT2D eigenvalue weighted by Gasteiger charge is 2.10. The number of rotatable bonds is 7. The van der Waals surface area contributed by atoms with Crippen molar-refractivity contribution in [2.45, 2.75) is 32.6 Å². The summed E-state index contributed by atoms with van der Waals surface area (Å²) in [4.78, 5) is 0. The average molecular weight is 280 g/mol. The molecular formula is C12H16ClF2NO2. The van der Waals surface area contributed by atoms with Crippen LogP contribution in [0.5, 0.6) is 5.75 Å². The maximum atomic E-state index is 12.2. The van der Waals surface area contributed by atoms with Gasteiger partial charge in [0.05, 0.1) is 6.10 Å². The van der Waals surface area contributed by atoms with Crippen LogP contribution in [0.15, 0.2) is 18.2 Å². The molecule has 3 nitrogen and oxygen atoms in total. The van der Waals surface area contributed by atoms with Crippen LogP contribution in [0, 0.1) is 0 Å². The third-order valence-electron chi connectivity index (χ3n) is 2.29. The molecule has 0 aliphatic carbocycles. The molecule has 0 aliphatic rings. The van der Waals surface area contributed by atoms with Crippen molar-refractivity contribution in [2.24, 2.45) is 0 Å². The minimum Gasteiger partial charge on any atom is -0.434 e. The van der Waals surface area contributed by atoms with Crippen molar-refractivity contribution >= 4 is 11.6 Å². The van der Waals surface area contributed by atoms with Gasteiger partial charge in [-0.2, -0.15) is 8.78 Å². The summed E-state index contributed by atoms with van der Waals surface area (Å²) in [6.07, 6.45) is 0.194. The van der Waals surface area contributed by atoms with Gasteiger partial charge in [0.2, 0.25) is 0 Å². The highest BCUT2D eigenvalue weighted by Crippen LogP contribution is 2.24. The van der Waals surface area contributed by atoms with Gasteiger partial charge in [0.15, 0.2) is 0 Å². The number of aliphatic hydroxyl groups excluding tert-OH is 1. The maximum Gasteiger partial charge on any atom is 0.387 e. The fraction of sp³-hybridized carbons (Fsp3) is 0.500. The van der Waals surface area contributed by atoms with E-state index in [1.54, 1.807) is 13.0 Å². The summed E-state index contributed by atoms with van der Waals surface area (Å²) in [5.74, 6) is 0.110. The quantitative estimate of drug-likeness (QED) is 0.754. The third kappa shape index (κ3) is 5.62. The molecule has 0 unspecified atom stereocenters. The minimum absolute atomic E-state index is 0.110. The summed E-state index contributed by atoms with van der Waals surface area (Å²) in [5, 5.41) is 12.6. The van der Waals surface area contributed by atoms with Crippen LogP contribution in [0.3, 0.4) is 0 Å². The molecule has 1 aromatic rings. The van der Waals surface area contributed by atoms with E-state index in [1.807, 2.05) is 0 Å². The lowest BCUT2D eigenvalue weighted by Gasteiger charge is -2.12. The van der Waals surface area contributed by atoms with Crippen molar-refractivity contribution < 1.29 is 18.6 Å². The van der Waals surface area contributed by atoms with Gasteiger partial charge in [-0.3, -0.25) is 0 Å². The van der Waals surface area contributed by atoms with Gasteiger partial charge in [-0.1, -0.05) is 11.6 Å². The summed E-state index contributed by atoms with van der Waals surface area (Å²) in [6, 6.07) is 4.49. The van der Waals surface area contributed by atoms with Crippen molar-refractivity contribution in [3.8, 4) is 5.75 Å². The molecule has 1 rings (SSSR count). The number of hydrogen-bond acceptors (Lipinski definition) is 3. The number of ether oxygens (including phenoxy) is 1. The number of benzene rings is 1. The van der Waals surface area contributed by atoms with Crippen LogP contribution in [0.2, 0.25) is 5.02 Å². The molecule has 0 saturated carbocycles. The first-order chi connectivity index (χ1) is 8.49. The van der Waals surface area contributed by atoms with Crippen LogP contribution in [0.25, 0.3) is 0 Å². The summed E-state index contributed by atoms with van der Waals surface area (Å²) in [7, 11) is 0. The zero-order valence-corrected chi connectivity index (χ0v) is 10.8. The zero-order valence-electron chi connectivity index (χ0n) is 10.00. The molecule has 0 saturated heterocycles. The summed E-state index contributed by atoms with van der Waals surface area (Å²) < 4.78 is 28.8. The molecule has 0 aliphatic heterocycles. The molecule has 0 fully saturated rings. The summed E-state index contributed by atoms with van der Waals surface area (Å²) >= 11 is 5.81. The van der Waals surface area contributed by atoms with Crippen LogP contribution in [0.1, 0.15) is 18.9 Å². The number of hydrogen-bond donors (Lipinski definition) is 2. The SMILES string of the molecule is C[C@@H](O)CCNCc1cc(Cl)ccc1OC(F)F. The molecule has 6 heteroatoms. The Balaban J connectivity index is 2.58. The van der Waals surface area contributed by atoms with Crippen LogP contribution >= 0.6 is 11.6 Å². The number of halogens is 3. The molecule has 0 amide bonds. The molecule has 1 aromatic carbocycles. The third-order valence-corrected chi connectivity index (χ3v) is 2.53. The van der Waals surface area contributed by atoms with Crippen molar-refractivity contribution in [3.63, 3.8) is 0 Å². The summed E-state index contributed by atoms with van der Waals surface area (Å²) in [6.45, 7) is -0.234. The van der Waals surface area contributed by atoms with Gasteiger partial charge in [0, 0.05) is 17.1 Å². The van der Waals surface area contributed by atoms with Crippen molar-refractivity contribution in [1.82, 2.24) is 5.32 Å². The maximum absolute atomic E-state index is 12.2. The Bertz CT molecular complexity index is 375. The van der Waals surface area contributed by atoms with E-state index in [0.29, 0.717) is 30.1 Å². The molecule has 102 valence electrons. The standard InChI is InChI=1S/C12H16ClF2NO2/c1-8(17)4-5-16-7-9-6-10(13)2-3-11(9)18-12(14)15/h2-3,6,8,12,16-17H,4-5,7H2,1H3/t8-/m1/s1. The average Bonchev–Trinajstić information content (AvgIpc) is 2.27. The Hall–Kier alpha value is -0.910. The number of alkyl halides is 2. The van der Waals surface area contributed by atoms with E-state index < -0.39 is 12.7 Å². The van der Waals surface area contributed by atoms with E-state index in [9.17, 15) is 8.78 Å². The molecule has 0 bridgehead atoms. The van der Waals surface area contributed by atoms with Gasteiger partial charge in [-0.05, 0) is 38.1 Å². The second-order valence-electron chi connectivity index (χ2n) is 3.95. The van der Waals surface area contributed by atoms with Gasteiger partial charge in [-0.15, -0.1) is 0 Å². The van der Waals surface area contributed by atoms with E-state index >= 15 is 0 Å². The topological polar surface area (TPSA) is 41.5 Å². The molecule has 0 heterocycles. The zero-order chi connectivity index (χ0) is 13.5. The van der Waals surface area contributed by atoms with Crippen LogP contribution in [-0.4, -0.2) is 24.4 Å². The predicted octanol–water partition coefficient (Wildman–Crippen LogP) is 2.80. The van der Waals surface area contributed by atoms with Crippen LogP contribution < -0.4 is 10.1 Å². The highest BCUT2D eigenvalue weighted by molar-refractivity contribution is 6.30. The Labute approximate surface area is 110 Å². The fourth-order valence-electron chi connectivity index (χ4n) is 1.43. The predicted molar refractivity (Wildman–Crippen MR) is 66.1 cm³/mol. The molecule has 0 aromatic heterocycles. The van der Waals surface area contributed by atoms with E-state index in [-0.39, 0.29) is 5.75 Å². The highest BCUT2D eigenvalue weighted by atomic mass is 35.5. The molecule has 0 spiro atoms. The van der Waals surface area contributed by atoms with Gasteiger partial charge in [-0.25, -0.2) is 0 Å². The Morgan fingerprint density at radius 2 is 2.17 bits per heavy atom. The summed E-state index contributed by atoms with van der Waals surface area (Å²) in [5.41, 5.74) is 0.563.